The van der Waals surface area contributed by atoms with E-state index in [4.69, 9.17) is 0 Å². The van der Waals surface area contributed by atoms with Gasteiger partial charge in [0.05, 0.1) is 0 Å². The lowest BCUT2D eigenvalue weighted by atomic mass is 10.1. The molecule has 112 valence electrons. The number of rotatable bonds is 8. The maximum atomic E-state index is 12.0. The lowest BCUT2D eigenvalue weighted by molar-refractivity contribution is 0.0950. The summed E-state index contributed by atoms with van der Waals surface area (Å²) >= 11 is 0. The Morgan fingerprint density at radius 1 is 1.25 bits per heavy atom. The van der Waals surface area contributed by atoms with E-state index < -0.39 is 0 Å². The van der Waals surface area contributed by atoms with Crippen LogP contribution in [0.3, 0.4) is 0 Å². The van der Waals surface area contributed by atoms with Crippen molar-refractivity contribution in [2.24, 2.45) is 0 Å². The summed E-state index contributed by atoms with van der Waals surface area (Å²) in [4.78, 5) is 14.3. The van der Waals surface area contributed by atoms with Gasteiger partial charge in [0.25, 0.3) is 5.91 Å². The third-order valence-corrected chi connectivity index (χ3v) is 3.43. The lowest BCUT2D eigenvalue weighted by Crippen LogP contribution is -2.37. The molecule has 1 aromatic carbocycles. The zero-order valence-electron chi connectivity index (χ0n) is 13.1. The summed E-state index contributed by atoms with van der Waals surface area (Å²) in [5.41, 5.74) is 1.89. The molecular weight excluding hydrogens is 250 g/mol. The molecule has 0 saturated heterocycles. The molecule has 1 rings (SSSR count). The number of carbonyl (C=O) groups excluding carboxylic acids is 1. The van der Waals surface area contributed by atoms with Gasteiger partial charge in [-0.2, -0.15) is 0 Å². The third kappa shape index (κ3) is 4.85. The SMILES string of the molecule is CCCN(CC)c1ccc(C(=O)NCC(C)NC)cc1. The van der Waals surface area contributed by atoms with Crippen LogP contribution in [0.4, 0.5) is 5.69 Å². The second-order valence-electron chi connectivity index (χ2n) is 5.03. The van der Waals surface area contributed by atoms with Crippen LogP contribution in [0.25, 0.3) is 0 Å². The molecule has 0 heterocycles. The van der Waals surface area contributed by atoms with Crippen LogP contribution >= 0.6 is 0 Å². The summed E-state index contributed by atoms with van der Waals surface area (Å²) in [6.45, 7) is 9.02. The summed E-state index contributed by atoms with van der Waals surface area (Å²) in [5, 5.41) is 6.02. The average Bonchev–Trinajstić information content (AvgIpc) is 2.50. The Hall–Kier alpha value is -1.55. The summed E-state index contributed by atoms with van der Waals surface area (Å²) in [5.74, 6) is -0.0165. The van der Waals surface area contributed by atoms with Crippen molar-refractivity contribution in [2.45, 2.75) is 33.2 Å². The van der Waals surface area contributed by atoms with E-state index in [1.807, 2.05) is 38.2 Å². The number of nitrogens with zero attached hydrogens (tertiary/aromatic N) is 1. The van der Waals surface area contributed by atoms with Gasteiger partial charge in [-0.1, -0.05) is 6.92 Å². The fourth-order valence-electron chi connectivity index (χ4n) is 2.01. The number of nitrogens with one attached hydrogen (secondary N) is 2. The minimum absolute atomic E-state index is 0.0165. The molecule has 0 aliphatic heterocycles. The van der Waals surface area contributed by atoms with Gasteiger partial charge in [0.2, 0.25) is 0 Å². The molecule has 0 spiro atoms. The number of hydrogen-bond acceptors (Lipinski definition) is 3. The zero-order valence-corrected chi connectivity index (χ0v) is 13.1. The Kier molecular flexibility index (Phi) is 7.09. The molecule has 4 heteroatoms. The van der Waals surface area contributed by atoms with Crippen molar-refractivity contribution in [3.63, 3.8) is 0 Å². The Balaban J connectivity index is 2.63. The maximum absolute atomic E-state index is 12.0. The molecule has 1 unspecified atom stereocenters. The molecule has 0 aromatic heterocycles. The van der Waals surface area contributed by atoms with Crippen LogP contribution in [-0.4, -0.2) is 38.6 Å². The van der Waals surface area contributed by atoms with Gasteiger partial charge in [-0.15, -0.1) is 0 Å². The van der Waals surface area contributed by atoms with E-state index in [9.17, 15) is 4.79 Å². The minimum Gasteiger partial charge on any atom is -0.372 e. The largest absolute Gasteiger partial charge is 0.372 e. The second-order valence-corrected chi connectivity index (χ2v) is 5.03. The molecule has 1 amide bonds. The number of hydrogen-bond donors (Lipinski definition) is 2. The molecule has 4 nitrogen and oxygen atoms in total. The van der Waals surface area contributed by atoms with Crippen molar-refractivity contribution < 1.29 is 4.79 Å². The van der Waals surface area contributed by atoms with E-state index >= 15 is 0 Å². The quantitative estimate of drug-likeness (QED) is 0.766. The Morgan fingerprint density at radius 2 is 1.90 bits per heavy atom. The highest BCUT2D eigenvalue weighted by Crippen LogP contribution is 2.15. The molecule has 20 heavy (non-hydrogen) atoms. The summed E-state index contributed by atoms with van der Waals surface area (Å²) in [6, 6.07) is 8.11. The molecule has 1 aromatic rings. The molecule has 1 atom stereocenters. The Morgan fingerprint density at radius 3 is 2.40 bits per heavy atom. The first-order valence-electron chi connectivity index (χ1n) is 7.42. The van der Waals surface area contributed by atoms with Gasteiger partial charge in [0, 0.05) is 36.9 Å². The molecule has 0 fully saturated rings. The third-order valence-electron chi connectivity index (χ3n) is 3.43. The number of amides is 1. The minimum atomic E-state index is -0.0165. The van der Waals surface area contributed by atoms with Gasteiger partial charge >= 0.3 is 0 Å². The van der Waals surface area contributed by atoms with Crippen molar-refractivity contribution in [1.29, 1.82) is 0 Å². The van der Waals surface area contributed by atoms with Gasteiger partial charge in [-0.3, -0.25) is 4.79 Å². The van der Waals surface area contributed by atoms with Crippen LogP contribution in [0, 0.1) is 0 Å². The summed E-state index contributed by atoms with van der Waals surface area (Å²) in [7, 11) is 1.89. The van der Waals surface area contributed by atoms with Crippen molar-refractivity contribution in [3.05, 3.63) is 29.8 Å². The van der Waals surface area contributed by atoms with Crippen LogP contribution in [0.5, 0.6) is 0 Å². The molecule has 0 aliphatic carbocycles. The number of benzene rings is 1. The first kappa shape index (κ1) is 16.5. The van der Waals surface area contributed by atoms with Gasteiger partial charge in [0.15, 0.2) is 0 Å². The van der Waals surface area contributed by atoms with Gasteiger partial charge in [0.1, 0.15) is 0 Å². The second kappa shape index (κ2) is 8.59. The van der Waals surface area contributed by atoms with E-state index in [2.05, 4.69) is 29.4 Å². The van der Waals surface area contributed by atoms with E-state index in [0.29, 0.717) is 12.1 Å². The average molecular weight is 277 g/mol. The predicted molar refractivity (Wildman–Crippen MR) is 85.5 cm³/mol. The fourth-order valence-corrected chi connectivity index (χ4v) is 2.01. The Labute approximate surface area is 122 Å². The van der Waals surface area contributed by atoms with Crippen LogP contribution in [0.2, 0.25) is 0 Å². The predicted octanol–water partition coefficient (Wildman–Crippen LogP) is 2.26. The van der Waals surface area contributed by atoms with Crippen LogP contribution in [0.15, 0.2) is 24.3 Å². The van der Waals surface area contributed by atoms with Crippen molar-refractivity contribution >= 4 is 11.6 Å². The normalized spacial score (nSPS) is 12.0. The molecule has 2 N–H and O–H groups in total. The van der Waals surface area contributed by atoms with Crippen molar-refractivity contribution in [3.8, 4) is 0 Å². The van der Waals surface area contributed by atoms with Crippen molar-refractivity contribution in [1.82, 2.24) is 10.6 Å². The molecule has 0 bridgehead atoms. The molecule has 0 radical (unpaired) electrons. The summed E-state index contributed by atoms with van der Waals surface area (Å²) < 4.78 is 0. The molecule has 0 saturated carbocycles. The Bertz CT molecular complexity index is 403. The highest BCUT2D eigenvalue weighted by molar-refractivity contribution is 5.94. The van der Waals surface area contributed by atoms with E-state index in [1.54, 1.807) is 0 Å². The molecule has 0 aliphatic rings. The van der Waals surface area contributed by atoms with Crippen molar-refractivity contribution in [2.75, 3.05) is 31.6 Å². The maximum Gasteiger partial charge on any atom is 0.251 e. The van der Waals surface area contributed by atoms with E-state index in [1.165, 1.54) is 5.69 Å². The first-order valence-corrected chi connectivity index (χ1v) is 7.42. The smallest absolute Gasteiger partial charge is 0.251 e. The number of likely N-dealkylation sites (N-methyl/N-ethyl adjacent to an activating group) is 1. The highest BCUT2D eigenvalue weighted by Gasteiger charge is 2.08. The van der Waals surface area contributed by atoms with Gasteiger partial charge in [-0.25, -0.2) is 0 Å². The highest BCUT2D eigenvalue weighted by atomic mass is 16.1. The van der Waals surface area contributed by atoms with Crippen LogP contribution in [0.1, 0.15) is 37.6 Å². The summed E-state index contributed by atoms with van der Waals surface area (Å²) in [6.07, 6.45) is 1.12. The lowest BCUT2D eigenvalue weighted by Gasteiger charge is -2.22. The zero-order chi connectivity index (χ0) is 15.0. The number of anilines is 1. The van der Waals surface area contributed by atoms with Crippen LogP contribution in [-0.2, 0) is 0 Å². The van der Waals surface area contributed by atoms with E-state index in [0.717, 1.165) is 19.5 Å². The molecular formula is C16H27N3O. The first-order chi connectivity index (χ1) is 9.62. The van der Waals surface area contributed by atoms with E-state index in [-0.39, 0.29) is 11.9 Å². The monoisotopic (exact) mass is 277 g/mol. The van der Waals surface area contributed by atoms with Crippen LogP contribution < -0.4 is 15.5 Å². The number of carbonyl (C=O) groups is 1. The topological polar surface area (TPSA) is 44.4 Å². The van der Waals surface area contributed by atoms with Gasteiger partial charge < -0.3 is 15.5 Å². The van der Waals surface area contributed by atoms with Gasteiger partial charge in [-0.05, 0) is 51.6 Å². The standard InChI is InChI=1S/C16H27N3O/c1-5-11-19(6-2)15-9-7-14(8-10-15)16(20)18-12-13(3)17-4/h7-10,13,17H,5-6,11-12H2,1-4H3,(H,18,20). The fraction of sp³-hybridized carbons (Fsp3) is 0.562.